The molecule has 0 atom stereocenters. The van der Waals surface area contributed by atoms with Gasteiger partial charge >= 0.3 is 0 Å². The molecule has 0 radical (unpaired) electrons. The quantitative estimate of drug-likeness (QED) is 0.655. The minimum atomic E-state index is 0.0346. The van der Waals surface area contributed by atoms with Crippen LogP contribution in [0.5, 0.6) is 11.5 Å². The molecule has 2 heterocycles. The number of amides is 1. The first-order valence-corrected chi connectivity index (χ1v) is 10.4. The molecule has 146 valence electrons. The Balaban J connectivity index is 1.57. The molecule has 1 aliphatic heterocycles. The number of rotatable bonds is 9. The van der Waals surface area contributed by atoms with Crippen molar-refractivity contribution in [2.75, 3.05) is 33.0 Å². The van der Waals surface area contributed by atoms with Gasteiger partial charge < -0.3 is 19.1 Å². The first kappa shape index (κ1) is 19.7. The summed E-state index contributed by atoms with van der Waals surface area (Å²) in [5.74, 6) is 1.51. The fraction of sp³-hybridized carbons (Fsp3) is 0.476. The van der Waals surface area contributed by atoms with E-state index in [0.717, 1.165) is 31.6 Å². The Morgan fingerprint density at radius 1 is 1.15 bits per heavy atom. The molecule has 0 N–H and O–H groups in total. The maximum absolute atomic E-state index is 12.9. The monoisotopic (exact) mass is 389 g/mol. The normalized spacial score (nSPS) is 14.7. The predicted molar refractivity (Wildman–Crippen MR) is 107 cm³/mol. The van der Waals surface area contributed by atoms with Crippen LogP contribution in [0.3, 0.4) is 0 Å². The van der Waals surface area contributed by atoms with Gasteiger partial charge in [-0.25, -0.2) is 0 Å². The van der Waals surface area contributed by atoms with Crippen LogP contribution >= 0.6 is 11.3 Å². The van der Waals surface area contributed by atoms with E-state index in [1.54, 1.807) is 11.3 Å². The molecule has 3 rings (SSSR count). The molecular formula is C21H27NO4S. The lowest BCUT2D eigenvalue weighted by atomic mass is 10.1. The fourth-order valence-electron chi connectivity index (χ4n) is 3.22. The number of hydrogen-bond acceptors (Lipinski definition) is 5. The van der Waals surface area contributed by atoms with E-state index in [-0.39, 0.29) is 18.6 Å². The summed E-state index contributed by atoms with van der Waals surface area (Å²) in [5, 5.41) is 2.07. The number of nitrogens with zero attached hydrogens (tertiary/aromatic N) is 1. The molecule has 1 saturated heterocycles. The number of thiophene rings is 1. The Morgan fingerprint density at radius 3 is 2.48 bits per heavy atom. The van der Waals surface area contributed by atoms with Crippen molar-refractivity contribution in [1.82, 2.24) is 4.90 Å². The van der Waals surface area contributed by atoms with Crippen LogP contribution in [-0.4, -0.2) is 49.8 Å². The van der Waals surface area contributed by atoms with E-state index in [2.05, 4.69) is 17.5 Å². The molecule has 27 heavy (non-hydrogen) atoms. The van der Waals surface area contributed by atoms with Crippen molar-refractivity contribution in [2.24, 2.45) is 0 Å². The maximum atomic E-state index is 12.9. The zero-order valence-corrected chi connectivity index (χ0v) is 16.6. The van der Waals surface area contributed by atoms with Crippen molar-refractivity contribution in [2.45, 2.75) is 32.2 Å². The van der Waals surface area contributed by atoms with E-state index in [1.165, 1.54) is 4.88 Å². The van der Waals surface area contributed by atoms with Crippen LogP contribution in [0.1, 0.15) is 24.6 Å². The molecule has 6 heteroatoms. The Kier molecular flexibility index (Phi) is 7.54. The van der Waals surface area contributed by atoms with Crippen LogP contribution in [0.4, 0.5) is 0 Å². The Hall–Kier alpha value is -2.05. The van der Waals surface area contributed by atoms with Gasteiger partial charge in [-0.05, 0) is 61.9 Å². The number of ether oxygens (including phenoxy) is 3. The first-order chi connectivity index (χ1) is 13.3. The third kappa shape index (κ3) is 5.97. The second-order valence-electron chi connectivity index (χ2n) is 6.45. The molecule has 0 bridgehead atoms. The molecule has 1 aromatic carbocycles. The summed E-state index contributed by atoms with van der Waals surface area (Å²) in [6.07, 6.45) is 2.66. The summed E-state index contributed by atoms with van der Waals surface area (Å²) in [7, 11) is 0. The van der Waals surface area contributed by atoms with Crippen LogP contribution in [0.15, 0.2) is 41.8 Å². The van der Waals surface area contributed by atoms with Gasteiger partial charge in [0.25, 0.3) is 5.91 Å². The fourth-order valence-corrected chi connectivity index (χ4v) is 3.92. The van der Waals surface area contributed by atoms with Crippen LogP contribution in [0, 0.1) is 0 Å². The summed E-state index contributed by atoms with van der Waals surface area (Å²) in [6.45, 7) is 4.78. The van der Waals surface area contributed by atoms with Crippen molar-refractivity contribution in [3.05, 3.63) is 46.7 Å². The lowest BCUT2D eigenvalue weighted by Crippen LogP contribution is -2.46. The van der Waals surface area contributed by atoms with Crippen LogP contribution in [-0.2, 0) is 16.0 Å². The van der Waals surface area contributed by atoms with Gasteiger partial charge in [-0.1, -0.05) is 6.07 Å². The second kappa shape index (κ2) is 10.3. The molecule has 0 spiro atoms. The second-order valence-corrected chi connectivity index (χ2v) is 7.49. The number of carbonyl (C=O) groups is 1. The Labute approximate surface area is 164 Å². The van der Waals surface area contributed by atoms with Gasteiger partial charge in [-0.15, -0.1) is 11.3 Å². The SMILES string of the molecule is CCOc1ccc(OCC(=O)N(CCc2cccs2)C2CCOCC2)cc1. The maximum Gasteiger partial charge on any atom is 0.260 e. The van der Waals surface area contributed by atoms with Crippen molar-refractivity contribution in [3.8, 4) is 11.5 Å². The average molecular weight is 390 g/mol. The minimum Gasteiger partial charge on any atom is -0.494 e. The van der Waals surface area contributed by atoms with Gasteiger partial charge in [0.1, 0.15) is 11.5 Å². The molecule has 0 unspecified atom stereocenters. The number of carbonyl (C=O) groups excluding carboxylic acids is 1. The standard InChI is InChI=1S/C21H27NO4S/c1-2-25-18-5-7-19(8-6-18)26-16-21(23)22(17-10-13-24-14-11-17)12-9-20-4-3-15-27-20/h3-8,15,17H,2,9-14,16H2,1H3. The zero-order valence-electron chi connectivity index (χ0n) is 15.8. The Bertz CT molecular complexity index is 681. The van der Waals surface area contributed by atoms with Gasteiger partial charge in [-0.3, -0.25) is 4.79 Å². The summed E-state index contributed by atoms with van der Waals surface area (Å²) < 4.78 is 16.6. The number of hydrogen-bond donors (Lipinski definition) is 0. The molecule has 5 nitrogen and oxygen atoms in total. The third-order valence-corrected chi connectivity index (χ3v) is 5.56. The van der Waals surface area contributed by atoms with Crippen molar-refractivity contribution in [1.29, 1.82) is 0 Å². The molecule has 1 fully saturated rings. The Morgan fingerprint density at radius 2 is 1.85 bits per heavy atom. The molecule has 1 aliphatic rings. The van der Waals surface area contributed by atoms with E-state index >= 15 is 0 Å². The lowest BCUT2D eigenvalue weighted by molar-refractivity contribution is -0.137. The smallest absolute Gasteiger partial charge is 0.260 e. The minimum absolute atomic E-state index is 0.0346. The third-order valence-electron chi connectivity index (χ3n) is 4.63. The molecule has 0 saturated carbocycles. The molecule has 1 aromatic heterocycles. The van der Waals surface area contributed by atoms with Gasteiger partial charge in [0, 0.05) is 30.7 Å². The van der Waals surface area contributed by atoms with E-state index in [0.29, 0.717) is 25.6 Å². The summed E-state index contributed by atoms with van der Waals surface area (Å²) in [4.78, 5) is 16.2. The van der Waals surface area contributed by atoms with E-state index < -0.39 is 0 Å². The van der Waals surface area contributed by atoms with Crippen molar-refractivity contribution < 1.29 is 19.0 Å². The molecular weight excluding hydrogens is 362 g/mol. The van der Waals surface area contributed by atoms with Crippen molar-refractivity contribution >= 4 is 17.2 Å². The van der Waals surface area contributed by atoms with E-state index in [9.17, 15) is 4.79 Å². The van der Waals surface area contributed by atoms with Gasteiger partial charge in [0.2, 0.25) is 0 Å². The van der Waals surface area contributed by atoms with Crippen molar-refractivity contribution in [3.63, 3.8) is 0 Å². The lowest BCUT2D eigenvalue weighted by Gasteiger charge is -2.34. The van der Waals surface area contributed by atoms with E-state index in [4.69, 9.17) is 14.2 Å². The zero-order chi connectivity index (χ0) is 18.9. The highest BCUT2D eigenvalue weighted by Gasteiger charge is 2.26. The number of benzene rings is 1. The molecule has 0 aliphatic carbocycles. The molecule has 1 amide bonds. The van der Waals surface area contributed by atoms with E-state index in [1.807, 2.05) is 36.1 Å². The summed E-state index contributed by atoms with van der Waals surface area (Å²) in [6, 6.07) is 11.8. The van der Waals surface area contributed by atoms with Gasteiger partial charge in [-0.2, -0.15) is 0 Å². The van der Waals surface area contributed by atoms with Gasteiger partial charge in [0.15, 0.2) is 6.61 Å². The van der Waals surface area contributed by atoms with Crippen LogP contribution in [0.25, 0.3) is 0 Å². The van der Waals surface area contributed by atoms with Crippen LogP contribution < -0.4 is 9.47 Å². The average Bonchev–Trinajstić information content (AvgIpc) is 3.22. The highest BCUT2D eigenvalue weighted by Crippen LogP contribution is 2.20. The summed E-state index contributed by atoms with van der Waals surface area (Å²) in [5.41, 5.74) is 0. The van der Waals surface area contributed by atoms with Crippen LogP contribution in [0.2, 0.25) is 0 Å². The largest absolute Gasteiger partial charge is 0.494 e. The first-order valence-electron chi connectivity index (χ1n) is 9.51. The summed E-state index contributed by atoms with van der Waals surface area (Å²) >= 11 is 1.73. The van der Waals surface area contributed by atoms with Gasteiger partial charge in [0.05, 0.1) is 6.61 Å². The highest BCUT2D eigenvalue weighted by atomic mass is 32.1. The highest BCUT2D eigenvalue weighted by molar-refractivity contribution is 7.09. The molecule has 2 aromatic rings. The topological polar surface area (TPSA) is 48.0 Å². The predicted octanol–water partition coefficient (Wildman–Crippen LogP) is 3.78.